The molecular formula is C21H19ClFN3O2. The molecule has 1 atom stereocenters. The van der Waals surface area contributed by atoms with Crippen molar-refractivity contribution < 1.29 is 13.9 Å². The van der Waals surface area contributed by atoms with E-state index in [2.05, 4.69) is 9.97 Å². The van der Waals surface area contributed by atoms with Gasteiger partial charge in [-0.2, -0.15) is 0 Å². The molecule has 2 aromatic carbocycles. The number of hydrogen-bond acceptors (Lipinski definition) is 5. The summed E-state index contributed by atoms with van der Waals surface area (Å²) in [5.41, 5.74) is 1.78. The second-order valence-corrected chi connectivity index (χ2v) is 7.21. The number of piperidine rings is 1. The van der Waals surface area contributed by atoms with E-state index in [1.807, 2.05) is 23.1 Å². The molecule has 4 rings (SSSR count). The van der Waals surface area contributed by atoms with Gasteiger partial charge in [0.15, 0.2) is 0 Å². The summed E-state index contributed by atoms with van der Waals surface area (Å²) < 4.78 is 19.5. The Morgan fingerprint density at radius 1 is 1.21 bits per heavy atom. The van der Waals surface area contributed by atoms with Crippen LogP contribution in [0.1, 0.15) is 12.8 Å². The van der Waals surface area contributed by atoms with Crippen LogP contribution in [-0.2, 0) is 9.53 Å². The van der Waals surface area contributed by atoms with Crippen LogP contribution in [0.15, 0.2) is 42.7 Å². The molecule has 1 saturated heterocycles. The minimum Gasteiger partial charge on any atom is -0.469 e. The molecule has 144 valence electrons. The number of rotatable bonds is 3. The van der Waals surface area contributed by atoms with Gasteiger partial charge in [-0.05, 0) is 30.5 Å². The number of anilines is 1. The fraction of sp³-hybridized carbons (Fsp3) is 0.286. The first kappa shape index (κ1) is 18.6. The van der Waals surface area contributed by atoms with E-state index >= 15 is 0 Å². The predicted octanol–water partition coefficient (Wildman–Crippen LogP) is 4.48. The Bertz CT molecular complexity index is 1040. The van der Waals surface area contributed by atoms with Crippen molar-refractivity contribution >= 4 is 34.3 Å². The van der Waals surface area contributed by atoms with Crippen LogP contribution >= 0.6 is 11.6 Å². The smallest absolute Gasteiger partial charge is 0.310 e. The molecule has 0 saturated carbocycles. The fourth-order valence-corrected chi connectivity index (χ4v) is 4.03. The minimum atomic E-state index is -0.420. The molecule has 0 spiro atoms. The van der Waals surface area contributed by atoms with Crippen LogP contribution in [-0.4, -0.2) is 36.1 Å². The van der Waals surface area contributed by atoms with Gasteiger partial charge in [-0.25, -0.2) is 14.4 Å². The van der Waals surface area contributed by atoms with Crippen LogP contribution in [0.2, 0.25) is 5.02 Å². The van der Waals surface area contributed by atoms with Gasteiger partial charge in [0.1, 0.15) is 23.5 Å². The number of aromatic nitrogens is 2. The maximum Gasteiger partial charge on any atom is 0.310 e. The molecule has 1 aliphatic rings. The fourth-order valence-electron chi connectivity index (χ4n) is 3.80. The highest BCUT2D eigenvalue weighted by atomic mass is 35.5. The maximum absolute atomic E-state index is 14.6. The van der Waals surface area contributed by atoms with Crippen LogP contribution in [0, 0.1) is 11.7 Å². The van der Waals surface area contributed by atoms with Crippen molar-refractivity contribution in [3.63, 3.8) is 0 Å². The number of fused-ring (bicyclic) bond motifs is 1. The molecule has 5 nitrogen and oxygen atoms in total. The highest BCUT2D eigenvalue weighted by Gasteiger charge is 2.29. The summed E-state index contributed by atoms with van der Waals surface area (Å²) in [5, 5.41) is 1.16. The SMILES string of the molecule is COC(=O)C1CCCN(c2ncnc3c(F)ccc(-c4ccccc4Cl)c23)C1. The summed E-state index contributed by atoms with van der Waals surface area (Å²) in [6.45, 7) is 1.19. The second-order valence-electron chi connectivity index (χ2n) is 6.80. The standard InChI is InChI=1S/C21H19ClFN3O2/c1-28-21(27)13-5-4-10-26(11-13)20-18-15(14-6-2-3-7-16(14)22)8-9-17(23)19(18)24-12-25-20/h2-3,6-9,12-13H,4-5,10-11H2,1H3. The van der Waals surface area contributed by atoms with E-state index in [4.69, 9.17) is 16.3 Å². The first-order valence-electron chi connectivity index (χ1n) is 9.11. The van der Waals surface area contributed by atoms with Gasteiger partial charge >= 0.3 is 5.97 Å². The Morgan fingerprint density at radius 3 is 2.82 bits per heavy atom. The van der Waals surface area contributed by atoms with Crippen molar-refractivity contribution in [1.82, 2.24) is 9.97 Å². The van der Waals surface area contributed by atoms with Crippen LogP contribution in [0.3, 0.4) is 0 Å². The molecular weight excluding hydrogens is 381 g/mol. The van der Waals surface area contributed by atoms with Gasteiger partial charge in [-0.1, -0.05) is 35.9 Å². The molecule has 1 aromatic heterocycles. The van der Waals surface area contributed by atoms with E-state index < -0.39 is 5.82 Å². The Kier molecular flexibility index (Phi) is 5.13. The highest BCUT2D eigenvalue weighted by molar-refractivity contribution is 6.33. The number of nitrogens with zero attached hydrogens (tertiary/aromatic N) is 3. The molecule has 7 heteroatoms. The number of benzene rings is 2. The normalized spacial score (nSPS) is 17.0. The van der Waals surface area contributed by atoms with Gasteiger partial charge in [0, 0.05) is 23.7 Å². The van der Waals surface area contributed by atoms with Gasteiger partial charge in [-0.3, -0.25) is 4.79 Å². The van der Waals surface area contributed by atoms with Gasteiger partial charge < -0.3 is 9.64 Å². The number of ether oxygens (including phenoxy) is 1. The summed E-state index contributed by atoms with van der Waals surface area (Å²) in [5.74, 6) is -0.286. The summed E-state index contributed by atoms with van der Waals surface area (Å²) in [6.07, 6.45) is 2.94. The average molecular weight is 400 g/mol. The Morgan fingerprint density at radius 2 is 2.04 bits per heavy atom. The lowest BCUT2D eigenvalue weighted by atomic mass is 9.96. The molecule has 1 unspecified atom stereocenters. The molecule has 0 bridgehead atoms. The van der Waals surface area contributed by atoms with Crippen LogP contribution < -0.4 is 4.90 Å². The minimum absolute atomic E-state index is 0.235. The number of carbonyl (C=O) groups is 1. The highest BCUT2D eigenvalue weighted by Crippen LogP contribution is 2.38. The van der Waals surface area contributed by atoms with Gasteiger partial charge in [0.05, 0.1) is 18.4 Å². The van der Waals surface area contributed by atoms with Crippen molar-refractivity contribution in [1.29, 1.82) is 0 Å². The van der Waals surface area contributed by atoms with Crippen LogP contribution in [0.4, 0.5) is 10.2 Å². The molecule has 0 N–H and O–H groups in total. The largest absolute Gasteiger partial charge is 0.469 e. The first-order chi connectivity index (χ1) is 13.6. The molecule has 0 aliphatic carbocycles. The third-order valence-electron chi connectivity index (χ3n) is 5.14. The molecule has 0 amide bonds. The van der Waals surface area contributed by atoms with Crippen molar-refractivity contribution in [3.8, 4) is 11.1 Å². The second kappa shape index (κ2) is 7.72. The Hall–Kier alpha value is -2.73. The zero-order valence-corrected chi connectivity index (χ0v) is 16.1. The third kappa shape index (κ3) is 3.29. The van der Waals surface area contributed by atoms with Crippen LogP contribution in [0.5, 0.6) is 0 Å². The van der Waals surface area contributed by atoms with E-state index in [9.17, 15) is 9.18 Å². The molecule has 1 aliphatic heterocycles. The predicted molar refractivity (Wildman–Crippen MR) is 107 cm³/mol. The van der Waals surface area contributed by atoms with E-state index in [-0.39, 0.29) is 17.4 Å². The van der Waals surface area contributed by atoms with Crippen molar-refractivity contribution in [2.75, 3.05) is 25.1 Å². The van der Waals surface area contributed by atoms with Crippen molar-refractivity contribution in [2.24, 2.45) is 5.92 Å². The van der Waals surface area contributed by atoms with Gasteiger partial charge in [0.25, 0.3) is 0 Å². The number of hydrogen-bond donors (Lipinski definition) is 0. The first-order valence-corrected chi connectivity index (χ1v) is 9.49. The Labute approximate surface area is 167 Å². The monoisotopic (exact) mass is 399 g/mol. The maximum atomic E-state index is 14.6. The topological polar surface area (TPSA) is 55.3 Å². The molecule has 28 heavy (non-hydrogen) atoms. The van der Waals surface area contributed by atoms with Gasteiger partial charge in [0.2, 0.25) is 0 Å². The van der Waals surface area contributed by atoms with Crippen LogP contribution in [0.25, 0.3) is 22.0 Å². The van der Waals surface area contributed by atoms with E-state index in [0.29, 0.717) is 22.8 Å². The van der Waals surface area contributed by atoms with Crippen molar-refractivity contribution in [3.05, 3.63) is 53.6 Å². The van der Waals surface area contributed by atoms with E-state index in [1.165, 1.54) is 19.5 Å². The molecule has 1 fully saturated rings. The number of methoxy groups -OCH3 is 1. The number of halogens is 2. The molecule has 2 heterocycles. The quantitative estimate of drug-likeness (QED) is 0.608. The van der Waals surface area contributed by atoms with Gasteiger partial charge in [-0.15, -0.1) is 0 Å². The van der Waals surface area contributed by atoms with Crippen molar-refractivity contribution in [2.45, 2.75) is 12.8 Å². The third-order valence-corrected chi connectivity index (χ3v) is 5.47. The van der Waals surface area contributed by atoms with E-state index in [0.717, 1.165) is 30.5 Å². The lowest BCUT2D eigenvalue weighted by Crippen LogP contribution is -2.39. The Balaban J connectivity index is 1.89. The lowest BCUT2D eigenvalue weighted by molar-refractivity contribution is -0.145. The summed E-state index contributed by atoms with van der Waals surface area (Å²) in [7, 11) is 1.40. The summed E-state index contributed by atoms with van der Waals surface area (Å²) >= 11 is 6.41. The van der Waals surface area contributed by atoms with E-state index in [1.54, 1.807) is 12.1 Å². The number of carbonyl (C=O) groups excluding carboxylic acids is 1. The zero-order chi connectivity index (χ0) is 19.7. The summed E-state index contributed by atoms with van der Waals surface area (Å²) in [6, 6.07) is 10.5. The number of esters is 1. The summed E-state index contributed by atoms with van der Waals surface area (Å²) in [4.78, 5) is 22.7. The molecule has 0 radical (unpaired) electrons. The zero-order valence-electron chi connectivity index (χ0n) is 15.4. The molecule has 3 aromatic rings. The average Bonchev–Trinajstić information content (AvgIpc) is 2.74. The lowest BCUT2D eigenvalue weighted by Gasteiger charge is -2.33.